The molecule has 1 fully saturated rings. The number of aromatic nitrogens is 2. The van der Waals surface area contributed by atoms with Gasteiger partial charge in [-0.05, 0) is 75.6 Å². The standard InChI is InChI=1S/C26H28N4O5S/c1-17-15-26(3,4)30(16-17)24-21(7-6-14-27-24)25(32)29-36(33,34)23-9-5-8-22(28-23)35-20-12-10-19(11-13-20)18(2)31/h5-14,17H,15-16H2,1-4H3,(H,29,32). The maximum absolute atomic E-state index is 13.1. The number of benzene rings is 1. The van der Waals surface area contributed by atoms with E-state index in [1.54, 1.807) is 42.6 Å². The van der Waals surface area contributed by atoms with Crippen molar-refractivity contribution in [3.05, 3.63) is 71.9 Å². The van der Waals surface area contributed by atoms with Crippen molar-refractivity contribution < 1.29 is 22.7 Å². The van der Waals surface area contributed by atoms with Gasteiger partial charge in [-0.25, -0.2) is 9.71 Å². The highest BCUT2D eigenvalue weighted by atomic mass is 32.2. The lowest BCUT2D eigenvalue weighted by atomic mass is 9.97. The van der Waals surface area contributed by atoms with Crippen molar-refractivity contribution in [2.75, 3.05) is 11.4 Å². The van der Waals surface area contributed by atoms with E-state index < -0.39 is 15.9 Å². The Balaban J connectivity index is 1.55. The summed E-state index contributed by atoms with van der Waals surface area (Å²) in [4.78, 5) is 35.1. The number of amides is 1. The number of rotatable bonds is 7. The van der Waals surface area contributed by atoms with Crippen LogP contribution in [-0.2, 0) is 10.0 Å². The minimum Gasteiger partial charge on any atom is -0.439 e. The number of hydrogen-bond donors (Lipinski definition) is 1. The Labute approximate surface area is 210 Å². The Hall–Kier alpha value is -3.79. The molecule has 10 heteroatoms. The quantitative estimate of drug-likeness (QED) is 0.472. The lowest BCUT2D eigenvalue weighted by Crippen LogP contribution is -2.41. The lowest BCUT2D eigenvalue weighted by molar-refractivity contribution is 0.0979. The predicted molar refractivity (Wildman–Crippen MR) is 135 cm³/mol. The van der Waals surface area contributed by atoms with Gasteiger partial charge in [-0.2, -0.15) is 13.4 Å². The molecule has 3 heterocycles. The average molecular weight is 509 g/mol. The van der Waals surface area contributed by atoms with Crippen molar-refractivity contribution >= 4 is 27.5 Å². The van der Waals surface area contributed by atoms with Gasteiger partial charge in [-0.1, -0.05) is 13.0 Å². The van der Waals surface area contributed by atoms with Gasteiger partial charge in [0, 0.05) is 29.9 Å². The number of ketones is 1. The number of carbonyl (C=O) groups excluding carboxylic acids is 2. The Morgan fingerprint density at radius 2 is 1.81 bits per heavy atom. The Morgan fingerprint density at radius 3 is 2.44 bits per heavy atom. The second-order valence-corrected chi connectivity index (χ2v) is 11.2. The van der Waals surface area contributed by atoms with Crippen LogP contribution in [0, 0.1) is 5.92 Å². The molecule has 1 atom stereocenters. The summed E-state index contributed by atoms with van der Waals surface area (Å²) in [5.74, 6) is 0.389. The van der Waals surface area contributed by atoms with Crippen LogP contribution < -0.4 is 14.4 Å². The summed E-state index contributed by atoms with van der Waals surface area (Å²) in [5.41, 5.74) is 0.467. The molecule has 4 rings (SSSR count). The first kappa shape index (κ1) is 25.3. The summed E-state index contributed by atoms with van der Waals surface area (Å²) in [7, 11) is -4.30. The third kappa shape index (κ3) is 5.38. The second-order valence-electron chi connectivity index (χ2n) is 9.54. The highest BCUT2D eigenvalue weighted by Crippen LogP contribution is 2.37. The van der Waals surface area contributed by atoms with Crippen LogP contribution in [0.1, 0.15) is 54.8 Å². The number of nitrogens with one attached hydrogen (secondary N) is 1. The number of nitrogens with zero attached hydrogens (tertiary/aromatic N) is 3. The van der Waals surface area contributed by atoms with E-state index in [1.807, 2.05) is 4.90 Å². The predicted octanol–water partition coefficient (Wildman–Crippen LogP) is 4.22. The van der Waals surface area contributed by atoms with Crippen molar-refractivity contribution in [3.63, 3.8) is 0 Å². The summed E-state index contributed by atoms with van der Waals surface area (Å²) < 4.78 is 33.8. The molecule has 1 N–H and O–H groups in total. The first-order valence-electron chi connectivity index (χ1n) is 11.5. The van der Waals surface area contributed by atoms with E-state index in [0.29, 0.717) is 29.6 Å². The summed E-state index contributed by atoms with van der Waals surface area (Å²) in [6.07, 6.45) is 2.52. The van der Waals surface area contributed by atoms with E-state index in [4.69, 9.17) is 4.74 Å². The van der Waals surface area contributed by atoms with Crippen LogP contribution in [0.25, 0.3) is 0 Å². The van der Waals surface area contributed by atoms with Crippen molar-refractivity contribution in [2.45, 2.75) is 44.7 Å². The van der Waals surface area contributed by atoms with Crippen LogP contribution in [0.2, 0.25) is 0 Å². The third-order valence-corrected chi connectivity index (χ3v) is 7.28. The minimum absolute atomic E-state index is 0.0239. The Kier molecular flexibility index (Phi) is 6.81. The van der Waals surface area contributed by atoms with Gasteiger partial charge in [0.05, 0.1) is 5.56 Å². The number of sulfonamides is 1. The van der Waals surface area contributed by atoms with Gasteiger partial charge in [-0.3, -0.25) is 9.59 Å². The number of Topliss-reactive ketones (excluding diaryl/α,β-unsaturated/α-hetero) is 1. The fourth-order valence-electron chi connectivity index (χ4n) is 4.46. The van der Waals surface area contributed by atoms with E-state index in [1.165, 1.54) is 25.1 Å². The fourth-order valence-corrected chi connectivity index (χ4v) is 5.39. The first-order chi connectivity index (χ1) is 17.0. The number of pyridine rings is 2. The van der Waals surface area contributed by atoms with E-state index in [2.05, 4.69) is 35.5 Å². The van der Waals surface area contributed by atoms with Gasteiger partial charge in [0.1, 0.15) is 11.6 Å². The molecule has 3 aromatic rings. The van der Waals surface area contributed by atoms with E-state index in [9.17, 15) is 18.0 Å². The highest BCUT2D eigenvalue weighted by molar-refractivity contribution is 7.90. The maximum Gasteiger partial charge on any atom is 0.281 e. The van der Waals surface area contributed by atoms with Crippen LogP contribution in [0.4, 0.5) is 5.82 Å². The molecule has 1 aromatic carbocycles. The highest BCUT2D eigenvalue weighted by Gasteiger charge is 2.39. The molecular formula is C26H28N4O5S. The molecular weight excluding hydrogens is 480 g/mol. The normalized spacial score (nSPS) is 17.0. The first-order valence-corrected chi connectivity index (χ1v) is 13.0. The largest absolute Gasteiger partial charge is 0.439 e. The second kappa shape index (κ2) is 9.69. The molecule has 188 valence electrons. The minimum atomic E-state index is -4.30. The van der Waals surface area contributed by atoms with Crippen LogP contribution in [0.3, 0.4) is 0 Å². The molecule has 0 radical (unpaired) electrons. The zero-order chi connectivity index (χ0) is 26.1. The summed E-state index contributed by atoms with van der Waals surface area (Å²) >= 11 is 0. The van der Waals surface area contributed by atoms with Crippen LogP contribution in [0.5, 0.6) is 11.6 Å². The van der Waals surface area contributed by atoms with Gasteiger partial charge in [0.2, 0.25) is 5.88 Å². The average Bonchev–Trinajstić information content (AvgIpc) is 3.11. The Bertz CT molecular complexity index is 1400. The monoisotopic (exact) mass is 508 g/mol. The summed E-state index contributed by atoms with van der Waals surface area (Å²) in [6.45, 7) is 8.46. The fraction of sp³-hybridized carbons (Fsp3) is 0.308. The third-order valence-electron chi connectivity index (χ3n) is 6.04. The molecule has 1 aliphatic heterocycles. The van der Waals surface area contributed by atoms with Crippen molar-refractivity contribution in [2.24, 2.45) is 5.92 Å². The maximum atomic E-state index is 13.1. The van der Waals surface area contributed by atoms with Gasteiger partial charge in [0.25, 0.3) is 15.9 Å². The van der Waals surface area contributed by atoms with Crippen LogP contribution >= 0.6 is 0 Å². The zero-order valence-corrected chi connectivity index (χ0v) is 21.4. The molecule has 36 heavy (non-hydrogen) atoms. The number of ether oxygens (including phenoxy) is 1. The van der Waals surface area contributed by atoms with Gasteiger partial charge in [-0.15, -0.1) is 0 Å². The van der Waals surface area contributed by atoms with Crippen molar-refractivity contribution in [3.8, 4) is 11.6 Å². The van der Waals surface area contributed by atoms with Gasteiger partial charge in [0.15, 0.2) is 10.8 Å². The van der Waals surface area contributed by atoms with Crippen LogP contribution in [-0.4, -0.2) is 42.2 Å². The molecule has 0 spiro atoms. The molecule has 1 aliphatic rings. The molecule has 0 bridgehead atoms. The SMILES string of the molecule is CC(=O)c1ccc(Oc2cccc(S(=O)(=O)NC(=O)c3cccnc3N3CC(C)CC3(C)C)n2)cc1. The molecule has 2 aromatic heterocycles. The summed E-state index contributed by atoms with van der Waals surface area (Å²) in [5, 5.41) is -0.366. The van der Waals surface area contributed by atoms with Crippen LogP contribution in [0.15, 0.2) is 65.8 Å². The van der Waals surface area contributed by atoms with E-state index in [0.717, 1.165) is 6.42 Å². The zero-order valence-electron chi connectivity index (χ0n) is 20.6. The summed E-state index contributed by atoms with van der Waals surface area (Å²) in [6, 6.07) is 13.8. The molecule has 9 nitrogen and oxygen atoms in total. The molecule has 1 amide bonds. The number of carbonyl (C=O) groups is 2. The van der Waals surface area contributed by atoms with Gasteiger partial charge >= 0.3 is 0 Å². The number of anilines is 1. The van der Waals surface area contributed by atoms with Gasteiger partial charge < -0.3 is 9.64 Å². The Morgan fingerprint density at radius 1 is 1.08 bits per heavy atom. The van der Waals surface area contributed by atoms with E-state index in [-0.39, 0.29) is 27.8 Å². The van der Waals surface area contributed by atoms with E-state index >= 15 is 0 Å². The smallest absolute Gasteiger partial charge is 0.281 e. The van der Waals surface area contributed by atoms with Crippen molar-refractivity contribution in [1.82, 2.24) is 14.7 Å². The number of hydrogen-bond acceptors (Lipinski definition) is 8. The van der Waals surface area contributed by atoms with Crippen molar-refractivity contribution in [1.29, 1.82) is 0 Å². The molecule has 0 saturated carbocycles. The lowest BCUT2D eigenvalue weighted by Gasteiger charge is -2.33. The topological polar surface area (TPSA) is 119 Å². The molecule has 0 aliphatic carbocycles. The molecule has 1 unspecified atom stereocenters. The molecule has 1 saturated heterocycles.